The molecule has 1 aromatic heterocycles. The first-order chi connectivity index (χ1) is 14.7. The Kier molecular flexibility index (Phi) is 6.55. The number of aryl methyl sites for hydroxylation is 1. The Bertz CT molecular complexity index is 898. The van der Waals surface area contributed by atoms with E-state index < -0.39 is 0 Å². The Morgan fingerprint density at radius 2 is 2.00 bits per heavy atom. The van der Waals surface area contributed by atoms with Gasteiger partial charge in [-0.25, -0.2) is 4.98 Å². The van der Waals surface area contributed by atoms with E-state index in [-0.39, 0.29) is 12.0 Å². The minimum Gasteiger partial charge on any atom is -0.355 e. The predicted octanol–water partition coefficient (Wildman–Crippen LogP) is 2.69. The van der Waals surface area contributed by atoms with Crippen LogP contribution < -0.4 is 10.6 Å². The summed E-state index contributed by atoms with van der Waals surface area (Å²) in [4.78, 5) is 23.9. The van der Waals surface area contributed by atoms with E-state index in [4.69, 9.17) is 0 Å². The summed E-state index contributed by atoms with van der Waals surface area (Å²) in [6, 6.07) is 8.49. The number of amides is 1. The molecule has 2 N–H and O–H groups in total. The number of likely N-dealkylation sites (tertiary alicyclic amines) is 1. The highest BCUT2D eigenvalue weighted by Crippen LogP contribution is 2.26. The predicted molar refractivity (Wildman–Crippen MR) is 121 cm³/mol. The van der Waals surface area contributed by atoms with E-state index >= 15 is 0 Å². The standard InChI is InChI=1S/C23H34N6O/c1-17-26-20-10-6-7-11-21(20)29(17)15-13-25-23(24-2)27-19-12-14-28(16-19)22(30)18-8-4-3-5-9-18/h6-7,10-11,18-19H,3-5,8-9,12-16H2,1-2H3,(H2,24,25,27). The summed E-state index contributed by atoms with van der Waals surface area (Å²) >= 11 is 0. The zero-order valence-electron chi connectivity index (χ0n) is 18.2. The molecule has 4 rings (SSSR count). The maximum absolute atomic E-state index is 12.8. The number of rotatable bonds is 5. The maximum Gasteiger partial charge on any atom is 0.225 e. The number of para-hydroxylation sites is 2. The van der Waals surface area contributed by atoms with Gasteiger partial charge in [-0.05, 0) is 38.3 Å². The van der Waals surface area contributed by atoms with Crippen LogP contribution in [0.25, 0.3) is 11.0 Å². The normalized spacial score (nSPS) is 20.7. The lowest BCUT2D eigenvalue weighted by Gasteiger charge is -2.26. The largest absolute Gasteiger partial charge is 0.355 e. The molecule has 1 saturated heterocycles. The van der Waals surface area contributed by atoms with Gasteiger partial charge in [0.1, 0.15) is 5.82 Å². The lowest BCUT2D eigenvalue weighted by Crippen LogP contribution is -2.46. The van der Waals surface area contributed by atoms with Gasteiger partial charge >= 0.3 is 0 Å². The molecule has 1 aliphatic heterocycles. The number of nitrogens with zero attached hydrogens (tertiary/aromatic N) is 4. The average molecular weight is 411 g/mol. The molecule has 1 aromatic carbocycles. The molecule has 1 amide bonds. The Morgan fingerprint density at radius 3 is 2.80 bits per heavy atom. The van der Waals surface area contributed by atoms with Crippen molar-refractivity contribution in [2.75, 3.05) is 26.7 Å². The van der Waals surface area contributed by atoms with E-state index in [2.05, 4.69) is 36.1 Å². The fourth-order valence-corrected chi connectivity index (χ4v) is 4.84. The van der Waals surface area contributed by atoms with Gasteiger partial charge in [0.05, 0.1) is 11.0 Å². The topological polar surface area (TPSA) is 74.6 Å². The van der Waals surface area contributed by atoms with Crippen LogP contribution >= 0.6 is 0 Å². The van der Waals surface area contributed by atoms with Crippen molar-refractivity contribution in [3.63, 3.8) is 0 Å². The van der Waals surface area contributed by atoms with Crippen LogP contribution in [0.3, 0.4) is 0 Å². The minimum atomic E-state index is 0.253. The van der Waals surface area contributed by atoms with E-state index in [1.165, 1.54) is 19.3 Å². The molecule has 0 spiro atoms. The van der Waals surface area contributed by atoms with E-state index in [1.54, 1.807) is 7.05 Å². The van der Waals surface area contributed by atoms with Crippen LogP contribution in [0, 0.1) is 12.8 Å². The third-order valence-electron chi connectivity index (χ3n) is 6.49. The second-order valence-electron chi connectivity index (χ2n) is 8.55. The number of fused-ring (bicyclic) bond motifs is 1. The molecule has 2 fully saturated rings. The molecule has 2 aliphatic rings. The highest BCUT2D eigenvalue weighted by Gasteiger charge is 2.31. The lowest BCUT2D eigenvalue weighted by molar-refractivity contribution is -0.135. The first-order valence-corrected chi connectivity index (χ1v) is 11.3. The van der Waals surface area contributed by atoms with Crippen molar-refractivity contribution in [1.29, 1.82) is 0 Å². The first-order valence-electron chi connectivity index (χ1n) is 11.3. The van der Waals surface area contributed by atoms with Gasteiger partial charge in [0, 0.05) is 45.2 Å². The Labute approximate surface area is 178 Å². The van der Waals surface area contributed by atoms with E-state index in [0.717, 1.165) is 68.3 Å². The number of hydrogen-bond acceptors (Lipinski definition) is 3. The lowest BCUT2D eigenvalue weighted by atomic mass is 9.88. The number of imidazole rings is 1. The van der Waals surface area contributed by atoms with Crippen LogP contribution in [0.15, 0.2) is 29.3 Å². The molecule has 0 radical (unpaired) electrons. The minimum absolute atomic E-state index is 0.253. The highest BCUT2D eigenvalue weighted by atomic mass is 16.2. The van der Waals surface area contributed by atoms with E-state index in [1.807, 2.05) is 25.1 Å². The van der Waals surface area contributed by atoms with Crippen molar-refractivity contribution in [3.8, 4) is 0 Å². The molecule has 7 heteroatoms. The molecule has 1 aliphatic carbocycles. The van der Waals surface area contributed by atoms with Crippen LogP contribution in [0.2, 0.25) is 0 Å². The summed E-state index contributed by atoms with van der Waals surface area (Å²) in [6.07, 6.45) is 6.80. The monoisotopic (exact) mass is 410 g/mol. The molecule has 1 saturated carbocycles. The van der Waals surface area contributed by atoms with Crippen molar-refractivity contribution in [2.24, 2.45) is 10.9 Å². The summed E-state index contributed by atoms with van der Waals surface area (Å²) in [6.45, 7) is 5.26. The van der Waals surface area contributed by atoms with Gasteiger partial charge < -0.3 is 20.1 Å². The molecule has 2 heterocycles. The van der Waals surface area contributed by atoms with Gasteiger partial charge in [-0.2, -0.15) is 0 Å². The Morgan fingerprint density at radius 1 is 1.20 bits per heavy atom. The maximum atomic E-state index is 12.8. The van der Waals surface area contributed by atoms with Crippen LogP contribution in [0.1, 0.15) is 44.3 Å². The quantitative estimate of drug-likeness (QED) is 0.587. The summed E-state index contributed by atoms with van der Waals surface area (Å²) < 4.78 is 2.23. The summed E-state index contributed by atoms with van der Waals surface area (Å²) in [5.74, 6) is 2.44. The number of aliphatic imine (C=N–C) groups is 1. The average Bonchev–Trinajstić information content (AvgIpc) is 3.37. The number of hydrogen-bond donors (Lipinski definition) is 2. The number of benzene rings is 1. The van der Waals surface area contributed by atoms with Crippen molar-refractivity contribution >= 4 is 22.9 Å². The molecule has 1 unspecified atom stereocenters. The second-order valence-corrected chi connectivity index (χ2v) is 8.55. The highest BCUT2D eigenvalue weighted by molar-refractivity contribution is 5.81. The van der Waals surface area contributed by atoms with Gasteiger partial charge in [-0.3, -0.25) is 9.79 Å². The van der Waals surface area contributed by atoms with E-state index in [9.17, 15) is 4.79 Å². The number of guanidine groups is 1. The number of carbonyl (C=O) groups is 1. The zero-order chi connectivity index (χ0) is 20.9. The van der Waals surface area contributed by atoms with Gasteiger partial charge in [0.2, 0.25) is 5.91 Å². The van der Waals surface area contributed by atoms with Crippen molar-refractivity contribution < 1.29 is 4.79 Å². The molecule has 1 atom stereocenters. The van der Waals surface area contributed by atoms with Crippen LogP contribution in [-0.2, 0) is 11.3 Å². The molecular weight excluding hydrogens is 376 g/mol. The molecule has 162 valence electrons. The van der Waals surface area contributed by atoms with Gasteiger partial charge in [0.25, 0.3) is 0 Å². The third-order valence-corrected chi connectivity index (χ3v) is 6.49. The molecular formula is C23H34N6O. The number of aromatic nitrogens is 2. The summed E-state index contributed by atoms with van der Waals surface area (Å²) in [5, 5.41) is 6.93. The second kappa shape index (κ2) is 9.49. The molecule has 30 heavy (non-hydrogen) atoms. The Balaban J connectivity index is 1.26. The molecule has 7 nitrogen and oxygen atoms in total. The smallest absolute Gasteiger partial charge is 0.225 e. The molecule has 0 bridgehead atoms. The number of nitrogens with one attached hydrogen (secondary N) is 2. The van der Waals surface area contributed by atoms with Crippen molar-refractivity contribution in [1.82, 2.24) is 25.1 Å². The van der Waals surface area contributed by atoms with E-state index in [0.29, 0.717) is 5.91 Å². The van der Waals surface area contributed by atoms with Gasteiger partial charge in [-0.1, -0.05) is 31.4 Å². The summed E-state index contributed by atoms with van der Waals surface area (Å²) in [5.41, 5.74) is 2.19. The zero-order valence-corrected chi connectivity index (χ0v) is 18.2. The molecule has 2 aromatic rings. The fourth-order valence-electron chi connectivity index (χ4n) is 4.84. The van der Waals surface area contributed by atoms with Gasteiger partial charge in [-0.15, -0.1) is 0 Å². The van der Waals surface area contributed by atoms with Gasteiger partial charge in [0.15, 0.2) is 5.96 Å². The van der Waals surface area contributed by atoms with Crippen LogP contribution in [-0.4, -0.2) is 59.0 Å². The van der Waals surface area contributed by atoms with Crippen LogP contribution in [0.5, 0.6) is 0 Å². The van der Waals surface area contributed by atoms with Crippen LogP contribution in [0.4, 0.5) is 0 Å². The van der Waals surface area contributed by atoms with Crippen molar-refractivity contribution in [3.05, 3.63) is 30.1 Å². The fraction of sp³-hybridized carbons (Fsp3) is 0.609. The first kappa shape index (κ1) is 20.7. The SMILES string of the molecule is CN=C(NCCn1c(C)nc2ccccc21)NC1CCN(C(=O)C2CCCCC2)C1. The third kappa shape index (κ3) is 4.60. The number of carbonyl (C=O) groups excluding carboxylic acids is 1. The van der Waals surface area contributed by atoms with Crippen molar-refractivity contribution in [2.45, 2.75) is 58.0 Å². The Hall–Kier alpha value is -2.57. The summed E-state index contributed by atoms with van der Waals surface area (Å²) in [7, 11) is 1.80.